The van der Waals surface area contributed by atoms with Crippen LogP contribution in [0.4, 0.5) is 0 Å². The third-order valence-electron chi connectivity index (χ3n) is 5.98. The molecule has 2 atom stereocenters. The van der Waals surface area contributed by atoms with Crippen LogP contribution in [0.1, 0.15) is 69.9 Å². The summed E-state index contributed by atoms with van der Waals surface area (Å²) < 4.78 is 18.1. The lowest BCUT2D eigenvalue weighted by Gasteiger charge is -2.36. The number of rotatable bonds is 9. The van der Waals surface area contributed by atoms with Crippen LogP contribution in [-0.4, -0.2) is 30.4 Å². The van der Waals surface area contributed by atoms with Gasteiger partial charge in [-0.1, -0.05) is 80.4 Å². The van der Waals surface area contributed by atoms with Crippen molar-refractivity contribution in [1.29, 1.82) is 0 Å². The van der Waals surface area contributed by atoms with E-state index < -0.39 is 29.9 Å². The summed E-state index contributed by atoms with van der Waals surface area (Å²) in [5, 5.41) is 0. The summed E-state index contributed by atoms with van der Waals surface area (Å²) in [4.78, 5) is 26.3. The zero-order valence-electron chi connectivity index (χ0n) is 19.6. The number of ether oxygens (including phenoxy) is 3. The van der Waals surface area contributed by atoms with E-state index in [1.54, 1.807) is 6.92 Å². The molecule has 178 valence electrons. The minimum atomic E-state index is -1.59. The van der Waals surface area contributed by atoms with Crippen LogP contribution in [0.3, 0.4) is 0 Å². The average Bonchev–Trinajstić information content (AvgIpc) is 3.11. The highest BCUT2D eigenvalue weighted by Crippen LogP contribution is 2.38. The van der Waals surface area contributed by atoms with Gasteiger partial charge in [0.05, 0.1) is 0 Å². The van der Waals surface area contributed by atoms with Crippen molar-refractivity contribution in [2.45, 2.75) is 82.8 Å². The van der Waals surface area contributed by atoms with Crippen molar-refractivity contribution in [2.24, 2.45) is 5.73 Å². The number of benzene rings is 2. The maximum Gasteiger partial charge on any atom is 0.348 e. The van der Waals surface area contributed by atoms with Crippen LogP contribution in [0, 0.1) is 0 Å². The first kappa shape index (κ1) is 24.9. The van der Waals surface area contributed by atoms with Crippen LogP contribution in [0.5, 0.6) is 0 Å². The standard InChI is InChI=1S/C27H35NO5/c1-3-24(32-25(29)20(2)28)33-27(21-14-8-6-9-15-21,22-16-10-7-11-17-22)26(30)31-23-18-12-4-5-13-19-23/h6-11,14-17,20,23-24H,3-5,12-13,18-19,28H2,1-2H3/t20-,24?/m0/s1. The van der Waals surface area contributed by atoms with Crippen molar-refractivity contribution in [1.82, 2.24) is 0 Å². The van der Waals surface area contributed by atoms with Gasteiger partial charge in [-0.2, -0.15) is 0 Å². The molecule has 1 fully saturated rings. The molecule has 2 aromatic carbocycles. The van der Waals surface area contributed by atoms with E-state index in [1.807, 2.05) is 67.6 Å². The molecule has 0 aromatic heterocycles. The number of carbonyl (C=O) groups is 2. The zero-order chi connectivity index (χ0) is 23.7. The Morgan fingerprint density at radius 1 is 0.939 bits per heavy atom. The van der Waals surface area contributed by atoms with E-state index in [4.69, 9.17) is 19.9 Å². The second-order valence-electron chi connectivity index (χ2n) is 8.61. The third-order valence-corrected chi connectivity index (χ3v) is 5.98. The van der Waals surface area contributed by atoms with Crippen molar-refractivity contribution < 1.29 is 23.8 Å². The van der Waals surface area contributed by atoms with Gasteiger partial charge in [0.15, 0.2) is 0 Å². The van der Waals surface area contributed by atoms with Crippen LogP contribution in [0.2, 0.25) is 0 Å². The summed E-state index contributed by atoms with van der Waals surface area (Å²) in [6.45, 7) is 3.38. The number of nitrogens with two attached hydrogens (primary N) is 1. The number of carbonyl (C=O) groups excluding carboxylic acids is 2. The molecule has 6 nitrogen and oxygen atoms in total. The lowest BCUT2D eigenvalue weighted by molar-refractivity contribution is -0.222. The molecule has 0 bridgehead atoms. The van der Waals surface area contributed by atoms with E-state index in [1.165, 1.54) is 0 Å². The van der Waals surface area contributed by atoms with Gasteiger partial charge in [0, 0.05) is 6.42 Å². The molecule has 1 aliphatic rings. The highest BCUT2D eigenvalue weighted by Gasteiger charge is 2.48. The van der Waals surface area contributed by atoms with Gasteiger partial charge in [0.1, 0.15) is 12.1 Å². The third kappa shape index (κ3) is 6.21. The molecule has 0 aliphatic heterocycles. The van der Waals surface area contributed by atoms with Crippen molar-refractivity contribution in [3.8, 4) is 0 Å². The second-order valence-corrected chi connectivity index (χ2v) is 8.61. The van der Waals surface area contributed by atoms with Crippen LogP contribution in [0.25, 0.3) is 0 Å². The Balaban J connectivity index is 2.05. The van der Waals surface area contributed by atoms with E-state index in [9.17, 15) is 9.59 Å². The number of esters is 2. The predicted molar refractivity (Wildman–Crippen MR) is 126 cm³/mol. The Morgan fingerprint density at radius 2 is 1.45 bits per heavy atom. The van der Waals surface area contributed by atoms with E-state index in [-0.39, 0.29) is 6.10 Å². The maximum absolute atomic E-state index is 14.0. The summed E-state index contributed by atoms with van der Waals surface area (Å²) >= 11 is 0. The van der Waals surface area contributed by atoms with Crippen LogP contribution in [0.15, 0.2) is 60.7 Å². The first-order valence-electron chi connectivity index (χ1n) is 11.9. The largest absolute Gasteiger partial charge is 0.460 e. The smallest absolute Gasteiger partial charge is 0.348 e. The zero-order valence-corrected chi connectivity index (χ0v) is 19.6. The molecular weight excluding hydrogens is 418 g/mol. The molecule has 0 amide bonds. The van der Waals surface area contributed by atoms with Crippen LogP contribution in [-0.2, 0) is 29.4 Å². The van der Waals surface area contributed by atoms with Gasteiger partial charge in [-0.15, -0.1) is 0 Å². The molecule has 1 unspecified atom stereocenters. The highest BCUT2D eigenvalue weighted by molar-refractivity contribution is 5.86. The normalized spacial score (nSPS) is 16.9. The number of hydrogen-bond acceptors (Lipinski definition) is 6. The average molecular weight is 454 g/mol. The van der Waals surface area contributed by atoms with Crippen molar-refractivity contribution in [3.05, 3.63) is 71.8 Å². The van der Waals surface area contributed by atoms with Gasteiger partial charge in [-0.25, -0.2) is 4.79 Å². The Labute approximate surface area is 196 Å². The fraction of sp³-hybridized carbons (Fsp3) is 0.481. The summed E-state index contributed by atoms with van der Waals surface area (Å²) in [5.41, 5.74) is 5.34. The Hall–Kier alpha value is -2.70. The van der Waals surface area contributed by atoms with Crippen LogP contribution >= 0.6 is 0 Å². The Bertz CT molecular complexity index is 836. The predicted octanol–water partition coefficient (Wildman–Crippen LogP) is 4.84. The molecule has 2 aromatic rings. The molecule has 2 N–H and O–H groups in total. The van der Waals surface area contributed by atoms with Crippen molar-refractivity contribution in [3.63, 3.8) is 0 Å². The monoisotopic (exact) mass is 453 g/mol. The van der Waals surface area contributed by atoms with Crippen molar-refractivity contribution in [2.75, 3.05) is 0 Å². The SMILES string of the molecule is CCC(OC(=O)[C@H](C)N)OC(C(=O)OC1CCCCCC1)(c1ccccc1)c1ccccc1. The highest BCUT2D eigenvalue weighted by atomic mass is 16.7. The Kier molecular flexibility index (Phi) is 9.03. The minimum Gasteiger partial charge on any atom is -0.460 e. The van der Waals surface area contributed by atoms with Gasteiger partial charge >= 0.3 is 11.9 Å². The van der Waals surface area contributed by atoms with Gasteiger partial charge < -0.3 is 19.9 Å². The molecule has 0 saturated heterocycles. The van der Waals surface area contributed by atoms with E-state index >= 15 is 0 Å². The van der Waals surface area contributed by atoms with E-state index in [0.29, 0.717) is 17.5 Å². The fourth-order valence-electron chi connectivity index (χ4n) is 4.15. The molecular formula is C27H35NO5. The molecule has 1 saturated carbocycles. The fourth-order valence-corrected chi connectivity index (χ4v) is 4.15. The molecule has 33 heavy (non-hydrogen) atoms. The van der Waals surface area contributed by atoms with Gasteiger partial charge in [-0.05, 0) is 43.7 Å². The lowest BCUT2D eigenvalue weighted by atomic mass is 9.85. The summed E-state index contributed by atoms with van der Waals surface area (Å²) in [7, 11) is 0. The first-order chi connectivity index (χ1) is 16.0. The Morgan fingerprint density at radius 3 is 1.91 bits per heavy atom. The maximum atomic E-state index is 14.0. The van der Waals surface area contributed by atoms with Gasteiger partial charge in [0.2, 0.25) is 11.9 Å². The quantitative estimate of drug-likeness (QED) is 0.332. The van der Waals surface area contributed by atoms with E-state index in [2.05, 4.69) is 0 Å². The summed E-state index contributed by atoms with van der Waals surface area (Å²) in [6.07, 6.45) is 5.24. The molecule has 0 spiro atoms. The minimum absolute atomic E-state index is 0.165. The molecule has 1 aliphatic carbocycles. The van der Waals surface area contributed by atoms with E-state index in [0.717, 1.165) is 38.5 Å². The topological polar surface area (TPSA) is 87.9 Å². The molecule has 0 radical (unpaired) electrons. The second kappa shape index (κ2) is 12.0. The van der Waals surface area contributed by atoms with Gasteiger partial charge in [0.25, 0.3) is 0 Å². The molecule has 3 rings (SSSR count). The first-order valence-corrected chi connectivity index (χ1v) is 11.9. The summed E-state index contributed by atoms with van der Waals surface area (Å²) in [6, 6.07) is 17.7. The lowest BCUT2D eigenvalue weighted by Crippen LogP contribution is -2.47. The van der Waals surface area contributed by atoms with Gasteiger partial charge in [-0.3, -0.25) is 4.79 Å². The molecule has 0 heterocycles. The van der Waals surface area contributed by atoms with Crippen molar-refractivity contribution >= 4 is 11.9 Å². The number of hydrogen-bond donors (Lipinski definition) is 1. The van der Waals surface area contributed by atoms with Crippen LogP contribution < -0.4 is 5.73 Å². The summed E-state index contributed by atoms with van der Waals surface area (Å²) in [5.74, 6) is -1.09. The molecule has 6 heteroatoms.